The Morgan fingerprint density at radius 3 is 2.31 bits per heavy atom. The lowest BCUT2D eigenvalue weighted by molar-refractivity contribution is 0.0256. The molecule has 1 N–H and O–H groups in total. The maximum absolute atomic E-state index is 12.8. The van der Waals surface area contributed by atoms with E-state index in [1.165, 1.54) is 12.8 Å². The standard InChI is InChI=1S/C20H28N2O3.ClH/c1-22(17-12-15-4-5-16(13-17)21-15)20(23)14-2-6-18(7-3-14)25-19-8-10-24-11-9-19;/h2-3,6-7,15-17,19,21H,4-5,8-13H2,1H3;1H. The van der Waals surface area contributed by atoms with Crippen LogP contribution in [0.25, 0.3) is 0 Å². The summed E-state index contributed by atoms with van der Waals surface area (Å²) >= 11 is 0. The van der Waals surface area contributed by atoms with Crippen molar-refractivity contribution in [3.8, 4) is 5.75 Å². The number of fused-ring (bicyclic) bond motifs is 2. The molecule has 2 unspecified atom stereocenters. The van der Waals surface area contributed by atoms with Gasteiger partial charge in [0.05, 0.1) is 13.2 Å². The average Bonchev–Trinajstić information content (AvgIpc) is 3.00. The average molecular weight is 381 g/mol. The van der Waals surface area contributed by atoms with Crippen molar-refractivity contribution >= 4 is 18.3 Å². The van der Waals surface area contributed by atoms with Crippen LogP contribution in [0.2, 0.25) is 0 Å². The Morgan fingerprint density at radius 1 is 1.08 bits per heavy atom. The molecule has 3 heterocycles. The number of halogens is 1. The fourth-order valence-electron chi connectivity index (χ4n) is 4.38. The van der Waals surface area contributed by atoms with Crippen LogP contribution in [0.15, 0.2) is 24.3 Å². The van der Waals surface area contributed by atoms with Gasteiger partial charge in [-0.2, -0.15) is 0 Å². The van der Waals surface area contributed by atoms with Crippen molar-refractivity contribution in [3.05, 3.63) is 29.8 Å². The first kappa shape index (κ1) is 19.5. The lowest BCUT2D eigenvalue weighted by Crippen LogP contribution is -2.48. The second kappa shape index (κ2) is 8.59. The Balaban J connectivity index is 0.00000196. The first-order valence-electron chi connectivity index (χ1n) is 9.57. The first-order valence-corrected chi connectivity index (χ1v) is 9.57. The summed E-state index contributed by atoms with van der Waals surface area (Å²) in [6.45, 7) is 1.54. The lowest BCUT2D eigenvalue weighted by atomic mass is 9.98. The Bertz CT molecular complexity index is 592. The Hall–Kier alpha value is -1.30. The van der Waals surface area contributed by atoms with Crippen LogP contribution in [0.5, 0.6) is 5.75 Å². The third kappa shape index (κ3) is 4.33. The SMILES string of the molecule is CN(C(=O)c1ccc(OC2CCOCC2)cc1)C1CC2CCC(C1)N2.Cl. The van der Waals surface area contributed by atoms with Gasteiger partial charge in [0.15, 0.2) is 0 Å². The second-order valence-corrected chi connectivity index (χ2v) is 7.63. The number of carbonyl (C=O) groups is 1. The van der Waals surface area contributed by atoms with Crippen molar-refractivity contribution in [1.82, 2.24) is 10.2 Å². The minimum atomic E-state index is 0. The Labute approximate surface area is 161 Å². The summed E-state index contributed by atoms with van der Waals surface area (Å²) in [7, 11) is 1.95. The van der Waals surface area contributed by atoms with Gasteiger partial charge in [0.25, 0.3) is 5.91 Å². The molecular formula is C20H29ClN2O3. The molecule has 0 spiro atoms. The van der Waals surface area contributed by atoms with Gasteiger partial charge < -0.3 is 19.7 Å². The molecular weight excluding hydrogens is 352 g/mol. The van der Waals surface area contributed by atoms with Crippen LogP contribution in [-0.2, 0) is 4.74 Å². The highest BCUT2D eigenvalue weighted by molar-refractivity contribution is 5.94. The van der Waals surface area contributed by atoms with Gasteiger partial charge in [0.2, 0.25) is 0 Å². The summed E-state index contributed by atoms with van der Waals surface area (Å²) in [6.07, 6.45) is 6.74. The van der Waals surface area contributed by atoms with Gasteiger partial charge in [-0.3, -0.25) is 4.79 Å². The largest absolute Gasteiger partial charge is 0.490 e. The molecule has 0 radical (unpaired) electrons. The zero-order valence-corrected chi connectivity index (χ0v) is 16.2. The normalized spacial score (nSPS) is 28.3. The molecule has 0 saturated carbocycles. The smallest absolute Gasteiger partial charge is 0.253 e. The number of hydrogen-bond acceptors (Lipinski definition) is 4. The van der Waals surface area contributed by atoms with E-state index in [9.17, 15) is 4.79 Å². The summed E-state index contributed by atoms with van der Waals surface area (Å²) < 4.78 is 11.3. The van der Waals surface area contributed by atoms with Crippen molar-refractivity contribution in [1.29, 1.82) is 0 Å². The highest BCUT2D eigenvalue weighted by Crippen LogP contribution is 2.30. The predicted octanol–water partition coefficient (Wildman–Crippen LogP) is 3.02. The number of carbonyl (C=O) groups excluding carboxylic acids is 1. The molecule has 3 fully saturated rings. The molecule has 5 nitrogen and oxygen atoms in total. The highest BCUT2D eigenvalue weighted by Gasteiger charge is 2.36. The van der Waals surface area contributed by atoms with Crippen LogP contribution in [-0.4, -0.2) is 55.3 Å². The predicted molar refractivity (Wildman–Crippen MR) is 103 cm³/mol. The van der Waals surface area contributed by atoms with Gasteiger partial charge >= 0.3 is 0 Å². The number of rotatable bonds is 4. The molecule has 26 heavy (non-hydrogen) atoms. The second-order valence-electron chi connectivity index (χ2n) is 7.63. The van der Waals surface area contributed by atoms with E-state index in [4.69, 9.17) is 9.47 Å². The molecule has 3 saturated heterocycles. The van der Waals surface area contributed by atoms with E-state index in [0.29, 0.717) is 18.1 Å². The van der Waals surface area contributed by atoms with Crippen LogP contribution < -0.4 is 10.1 Å². The van der Waals surface area contributed by atoms with Gasteiger partial charge in [-0.15, -0.1) is 12.4 Å². The third-order valence-electron chi connectivity index (χ3n) is 5.89. The summed E-state index contributed by atoms with van der Waals surface area (Å²) in [4.78, 5) is 14.8. The molecule has 144 valence electrons. The monoisotopic (exact) mass is 380 g/mol. The van der Waals surface area contributed by atoms with Crippen molar-refractivity contribution in [3.63, 3.8) is 0 Å². The van der Waals surface area contributed by atoms with Crippen LogP contribution in [0.3, 0.4) is 0 Å². The number of hydrogen-bond donors (Lipinski definition) is 1. The molecule has 2 bridgehead atoms. The van der Waals surface area contributed by atoms with Crippen molar-refractivity contribution in [2.45, 2.75) is 62.8 Å². The number of amides is 1. The first-order chi connectivity index (χ1) is 12.2. The molecule has 3 aliphatic heterocycles. The minimum absolute atomic E-state index is 0. The van der Waals surface area contributed by atoms with E-state index >= 15 is 0 Å². The molecule has 6 heteroatoms. The minimum Gasteiger partial charge on any atom is -0.490 e. The van der Waals surface area contributed by atoms with Crippen molar-refractivity contribution in [2.75, 3.05) is 20.3 Å². The van der Waals surface area contributed by atoms with Gasteiger partial charge in [-0.25, -0.2) is 0 Å². The quantitative estimate of drug-likeness (QED) is 0.872. The summed E-state index contributed by atoms with van der Waals surface area (Å²) in [5.74, 6) is 0.954. The van der Waals surface area contributed by atoms with E-state index in [0.717, 1.165) is 50.2 Å². The number of benzene rings is 1. The maximum atomic E-state index is 12.8. The van der Waals surface area contributed by atoms with E-state index in [2.05, 4.69) is 5.32 Å². The number of nitrogens with zero attached hydrogens (tertiary/aromatic N) is 1. The van der Waals surface area contributed by atoms with Crippen molar-refractivity contribution in [2.24, 2.45) is 0 Å². The maximum Gasteiger partial charge on any atom is 0.253 e. The summed E-state index contributed by atoms with van der Waals surface area (Å²) in [6, 6.07) is 9.16. The third-order valence-corrected chi connectivity index (χ3v) is 5.89. The van der Waals surface area contributed by atoms with Gasteiger partial charge in [-0.05, 0) is 49.9 Å². The van der Waals surface area contributed by atoms with E-state index in [-0.39, 0.29) is 24.4 Å². The fourth-order valence-corrected chi connectivity index (χ4v) is 4.38. The number of piperidine rings is 1. The van der Waals surface area contributed by atoms with Crippen LogP contribution in [0.1, 0.15) is 48.9 Å². The van der Waals surface area contributed by atoms with Gasteiger partial charge in [-0.1, -0.05) is 0 Å². The summed E-state index contributed by atoms with van der Waals surface area (Å²) in [5.41, 5.74) is 0.743. The molecule has 1 amide bonds. The number of ether oxygens (including phenoxy) is 2. The molecule has 0 aromatic heterocycles. The van der Waals surface area contributed by atoms with Crippen LogP contribution >= 0.6 is 12.4 Å². The van der Waals surface area contributed by atoms with Crippen LogP contribution in [0, 0.1) is 0 Å². The fraction of sp³-hybridized carbons (Fsp3) is 0.650. The Morgan fingerprint density at radius 2 is 1.69 bits per heavy atom. The van der Waals surface area contributed by atoms with Crippen molar-refractivity contribution < 1.29 is 14.3 Å². The molecule has 0 aliphatic carbocycles. The van der Waals surface area contributed by atoms with Gasteiger partial charge in [0.1, 0.15) is 11.9 Å². The van der Waals surface area contributed by atoms with E-state index < -0.39 is 0 Å². The number of nitrogens with one attached hydrogen (secondary N) is 1. The van der Waals surface area contributed by atoms with E-state index in [1.54, 1.807) is 0 Å². The molecule has 1 aromatic rings. The lowest BCUT2D eigenvalue weighted by Gasteiger charge is -2.35. The van der Waals surface area contributed by atoms with Crippen LogP contribution in [0.4, 0.5) is 0 Å². The molecule has 3 aliphatic rings. The topological polar surface area (TPSA) is 50.8 Å². The van der Waals surface area contributed by atoms with Gasteiger partial charge in [0, 0.05) is 43.6 Å². The zero-order chi connectivity index (χ0) is 17.2. The zero-order valence-electron chi connectivity index (χ0n) is 15.4. The molecule has 2 atom stereocenters. The highest BCUT2D eigenvalue weighted by atomic mass is 35.5. The Kier molecular flexibility index (Phi) is 6.43. The van der Waals surface area contributed by atoms with E-state index in [1.807, 2.05) is 36.2 Å². The summed E-state index contributed by atoms with van der Waals surface area (Å²) in [5, 5.41) is 3.64. The molecule has 4 rings (SSSR count). The molecule has 1 aromatic carbocycles.